The summed E-state index contributed by atoms with van der Waals surface area (Å²) in [5, 5.41) is 5.87. The fourth-order valence-corrected chi connectivity index (χ4v) is 4.96. The Morgan fingerprint density at radius 2 is 1.81 bits per heavy atom. The molecule has 0 radical (unpaired) electrons. The summed E-state index contributed by atoms with van der Waals surface area (Å²) >= 11 is 1.74. The highest BCUT2D eigenvalue weighted by molar-refractivity contribution is 7.99. The number of halogens is 3. The molecular formula is C16H23F3N4O2S2. The van der Waals surface area contributed by atoms with Gasteiger partial charge in [-0.2, -0.15) is 24.9 Å². The number of aliphatic imine (C=N–C) groups is 1. The predicted molar refractivity (Wildman–Crippen MR) is 102 cm³/mol. The van der Waals surface area contributed by atoms with E-state index in [2.05, 4.69) is 15.6 Å². The lowest BCUT2D eigenvalue weighted by Gasteiger charge is -2.25. The average molecular weight is 425 g/mol. The minimum Gasteiger partial charge on any atom is -0.355 e. The van der Waals surface area contributed by atoms with Gasteiger partial charge in [-0.3, -0.25) is 4.99 Å². The summed E-state index contributed by atoms with van der Waals surface area (Å²) in [6.07, 6.45) is -4.36. The Morgan fingerprint density at radius 1 is 1.19 bits per heavy atom. The zero-order valence-electron chi connectivity index (χ0n) is 14.9. The molecule has 0 bridgehead atoms. The monoisotopic (exact) mass is 424 g/mol. The molecule has 2 N–H and O–H groups in total. The first-order chi connectivity index (χ1) is 12.7. The second-order valence-corrected chi connectivity index (χ2v) is 9.19. The third-order valence-corrected chi connectivity index (χ3v) is 6.80. The third-order valence-electron chi connectivity index (χ3n) is 3.98. The molecule has 1 aromatic carbocycles. The number of benzene rings is 1. The molecule has 1 fully saturated rings. The van der Waals surface area contributed by atoms with E-state index in [1.807, 2.05) is 0 Å². The van der Waals surface area contributed by atoms with Crippen LogP contribution in [0.2, 0.25) is 0 Å². The van der Waals surface area contributed by atoms with Gasteiger partial charge >= 0.3 is 6.18 Å². The molecule has 0 saturated carbocycles. The van der Waals surface area contributed by atoms with Crippen molar-refractivity contribution < 1.29 is 21.6 Å². The number of guanidine groups is 1. The molecule has 11 heteroatoms. The van der Waals surface area contributed by atoms with Crippen molar-refractivity contribution in [3.8, 4) is 0 Å². The van der Waals surface area contributed by atoms with E-state index in [0.29, 0.717) is 24.6 Å². The van der Waals surface area contributed by atoms with Gasteiger partial charge in [0.2, 0.25) is 10.0 Å². The minimum atomic E-state index is -4.36. The molecule has 0 aromatic heterocycles. The van der Waals surface area contributed by atoms with Crippen LogP contribution in [-0.4, -0.2) is 62.6 Å². The fourth-order valence-electron chi connectivity index (χ4n) is 2.47. The van der Waals surface area contributed by atoms with Crippen molar-refractivity contribution in [3.63, 3.8) is 0 Å². The minimum absolute atomic E-state index is 0.0430. The Hall–Kier alpha value is -1.46. The van der Waals surface area contributed by atoms with Gasteiger partial charge in [-0.15, -0.1) is 0 Å². The maximum atomic E-state index is 12.6. The number of sulfonamides is 1. The summed E-state index contributed by atoms with van der Waals surface area (Å²) in [5.41, 5.74) is -0.0422. The number of nitrogens with zero attached hydrogens (tertiary/aromatic N) is 2. The van der Waals surface area contributed by atoms with Gasteiger partial charge in [0.15, 0.2) is 5.96 Å². The molecule has 0 spiro atoms. The van der Waals surface area contributed by atoms with Gasteiger partial charge in [0.05, 0.1) is 11.3 Å². The summed E-state index contributed by atoms with van der Waals surface area (Å²) in [4.78, 5) is 3.99. The molecule has 6 nitrogen and oxygen atoms in total. The summed E-state index contributed by atoms with van der Waals surface area (Å²) in [6, 6.07) is 4.83. The van der Waals surface area contributed by atoms with Gasteiger partial charge in [-0.1, -0.05) is 12.1 Å². The first-order valence-corrected chi connectivity index (χ1v) is 11.1. The van der Waals surface area contributed by atoms with Gasteiger partial charge < -0.3 is 10.6 Å². The van der Waals surface area contributed by atoms with E-state index in [1.165, 1.54) is 16.4 Å². The molecule has 1 aliphatic heterocycles. The third kappa shape index (κ3) is 6.89. The molecule has 27 heavy (non-hydrogen) atoms. The van der Waals surface area contributed by atoms with E-state index in [9.17, 15) is 21.6 Å². The van der Waals surface area contributed by atoms with Gasteiger partial charge in [0.1, 0.15) is 0 Å². The summed E-state index contributed by atoms with van der Waals surface area (Å²) in [5.74, 6) is 1.96. The molecule has 2 rings (SSSR count). The van der Waals surface area contributed by atoms with Crippen LogP contribution in [0.5, 0.6) is 0 Å². The van der Waals surface area contributed by atoms with Gasteiger partial charge in [0.25, 0.3) is 0 Å². The van der Waals surface area contributed by atoms with Gasteiger partial charge in [-0.25, -0.2) is 12.7 Å². The molecule has 1 saturated heterocycles. The van der Waals surface area contributed by atoms with Crippen LogP contribution in [-0.2, 0) is 22.7 Å². The lowest BCUT2D eigenvalue weighted by atomic mass is 10.1. The van der Waals surface area contributed by atoms with Crippen molar-refractivity contribution in [2.75, 3.05) is 43.9 Å². The molecule has 1 aliphatic rings. The molecule has 0 unspecified atom stereocenters. The number of rotatable bonds is 6. The molecule has 0 atom stereocenters. The predicted octanol–water partition coefficient (Wildman–Crippen LogP) is 1.75. The maximum Gasteiger partial charge on any atom is 0.416 e. The van der Waals surface area contributed by atoms with E-state index in [0.717, 1.165) is 23.6 Å². The highest BCUT2D eigenvalue weighted by atomic mass is 32.2. The molecule has 0 aliphatic carbocycles. The van der Waals surface area contributed by atoms with Crippen LogP contribution in [0.4, 0.5) is 13.2 Å². The Bertz CT molecular complexity index is 731. The number of nitrogens with one attached hydrogen (secondary N) is 2. The molecule has 0 amide bonds. The lowest BCUT2D eigenvalue weighted by Crippen LogP contribution is -2.44. The lowest BCUT2D eigenvalue weighted by molar-refractivity contribution is -0.137. The summed E-state index contributed by atoms with van der Waals surface area (Å²) in [7, 11) is -1.76. The first-order valence-electron chi connectivity index (χ1n) is 8.38. The Labute approximate surface area is 161 Å². The Kier molecular flexibility index (Phi) is 7.80. The quantitative estimate of drug-likeness (QED) is 0.538. The smallest absolute Gasteiger partial charge is 0.355 e. The van der Waals surface area contributed by atoms with E-state index in [-0.39, 0.29) is 18.8 Å². The van der Waals surface area contributed by atoms with Crippen molar-refractivity contribution >= 4 is 27.7 Å². The highest BCUT2D eigenvalue weighted by Crippen LogP contribution is 2.29. The Balaban J connectivity index is 1.79. The van der Waals surface area contributed by atoms with Crippen molar-refractivity contribution in [3.05, 3.63) is 35.4 Å². The van der Waals surface area contributed by atoms with Crippen LogP contribution in [0, 0.1) is 0 Å². The van der Waals surface area contributed by atoms with Crippen LogP contribution >= 0.6 is 11.8 Å². The van der Waals surface area contributed by atoms with Crippen LogP contribution < -0.4 is 10.6 Å². The van der Waals surface area contributed by atoms with E-state index >= 15 is 0 Å². The van der Waals surface area contributed by atoms with E-state index < -0.39 is 21.8 Å². The summed E-state index contributed by atoms with van der Waals surface area (Å²) < 4.78 is 63.7. The zero-order valence-corrected chi connectivity index (χ0v) is 16.6. The number of alkyl halides is 3. The second kappa shape index (κ2) is 9.65. The largest absolute Gasteiger partial charge is 0.416 e. The van der Waals surface area contributed by atoms with Crippen LogP contribution in [0.25, 0.3) is 0 Å². The fraction of sp³-hybridized carbons (Fsp3) is 0.562. The van der Waals surface area contributed by atoms with Crippen LogP contribution in [0.15, 0.2) is 29.3 Å². The normalized spacial score (nSPS) is 17.0. The standard InChI is InChI=1S/C16H23F3N4O2S2/c1-20-15(21-6-11-27(24,25)23-7-9-26-10-8-23)22-12-13-2-4-14(5-3-13)16(17,18)19/h2-5H,6-12H2,1H3,(H2,20,21,22). The van der Waals surface area contributed by atoms with Crippen LogP contribution in [0.3, 0.4) is 0 Å². The second-order valence-electron chi connectivity index (χ2n) is 5.87. The SMILES string of the molecule is CN=C(NCCS(=O)(=O)N1CCSCC1)NCc1ccc(C(F)(F)F)cc1. The van der Waals surface area contributed by atoms with Crippen LogP contribution in [0.1, 0.15) is 11.1 Å². The average Bonchev–Trinajstić information content (AvgIpc) is 2.65. The number of hydrogen-bond acceptors (Lipinski definition) is 4. The topological polar surface area (TPSA) is 73.8 Å². The maximum absolute atomic E-state index is 12.6. The Morgan fingerprint density at radius 3 is 2.37 bits per heavy atom. The molecule has 152 valence electrons. The molecule has 1 aromatic rings. The molecular weight excluding hydrogens is 401 g/mol. The van der Waals surface area contributed by atoms with Gasteiger partial charge in [0, 0.05) is 44.7 Å². The zero-order chi connectivity index (χ0) is 19.9. The highest BCUT2D eigenvalue weighted by Gasteiger charge is 2.29. The number of hydrogen-bond donors (Lipinski definition) is 2. The van der Waals surface area contributed by atoms with E-state index in [1.54, 1.807) is 18.8 Å². The summed E-state index contributed by atoms with van der Waals surface area (Å²) in [6.45, 7) is 1.54. The van der Waals surface area contributed by atoms with Crippen molar-refractivity contribution in [1.82, 2.24) is 14.9 Å². The van der Waals surface area contributed by atoms with E-state index in [4.69, 9.17) is 0 Å². The van der Waals surface area contributed by atoms with Gasteiger partial charge in [-0.05, 0) is 17.7 Å². The molecule has 1 heterocycles. The van der Waals surface area contributed by atoms with Crippen molar-refractivity contribution in [2.24, 2.45) is 4.99 Å². The number of thioether (sulfide) groups is 1. The van der Waals surface area contributed by atoms with Crippen molar-refractivity contribution in [1.29, 1.82) is 0 Å². The first kappa shape index (κ1) is 21.8. The van der Waals surface area contributed by atoms with Crippen molar-refractivity contribution in [2.45, 2.75) is 12.7 Å².